The van der Waals surface area contributed by atoms with Gasteiger partial charge in [0.1, 0.15) is 6.54 Å². The van der Waals surface area contributed by atoms with Crippen molar-refractivity contribution in [1.29, 1.82) is 0 Å². The van der Waals surface area contributed by atoms with Gasteiger partial charge in [-0.15, -0.1) is 0 Å². The Kier molecular flexibility index (Phi) is 6.33. The molecule has 170 valence electrons. The zero-order valence-corrected chi connectivity index (χ0v) is 18.9. The molecule has 1 amide bonds. The second-order valence-electron chi connectivity index (χ2n) is 8.56. The summed E-state index contributed by atoms with van der Waals surface area (Å²) < 4.78 is 8.59. The summed E-state index contributed by atoms with van der Waals surface area (Å²) in [4.78, 5) is 56.1. The smallest absolute Gasteiger partial charge is 0.333 e. The average Bonchev–Trinajstić information content (AvgIpc) is 3.13. The van der Waals surface area contributed by atoms with Crippen LogP contribution in [0.4, 0.5) is 0 Å². The maximum atomic E-state index is 12.8. The molecule has 10 nitrogen and oxygen atoms in total. The molecule has 2 heterocycles. The Balaban J connectivity index is 1.74. The summed E-state index contributed by atoms with van der Waals surface area (Å²) >= 11 is 0. The molecule has 0 bridgehead atoms. The van der Waals surface area contributed by atoms with E-state index in [9.17, 15) is 19.2 Å². The minimum Gasteiger partial charge on any atom is -0.454 e. The molecule has 0 aliphatic carbocycles. The van der Waals surface area contributed by atoms with E-state index in [0.717, 1.165) is 10.1 Å². The molecule has 0 N–H and O–H groups in total. The molecule has 0 unspecified atom stereocenters. The van der Waals surface area contributed by atoms with E-state index in [4.69, 9.17) is 4.74 Å². The standard InChI is InChI=1S/C22H27N5O5/c1-22(2,3)27(11-15-9-7-6-8-10-15)16(28)13-32-17(29)12-26-20(30)18-19(23-14-24(18)4)25(5)21(26)31/h6-10,14H,11-13H2,1-5H3. The van der Waals surface area contributed by atoms with Gasteiger partial charge in [-0.3, -0.25) is 19.0 Å². The first kappa shape index (κ1) is 23.0. The lowest BCUT2D eigenvalue weighted by atomic mass is 10.0. The van der Waals surface area contributed by atoms with Crippen LogP contribution in [0, 0.1) is 0 Å². The van der Waals surface area contributed by atoms with Crippen molar-refractivity contribution in [1.82, 2.24) is 23.6 Å². The predicted molar refractivity (Wildman–Crippen MR) is 118 cm³/mol. The number of aryl methyl sites for hydroxylation is 2. The van der Waals surface area contributed by atoms with Gasteiger partial charge in [-0.2, -0.15) is 0 Å². The summed E-state index contributed by atoms with van der Waals surface area (Å²) in [5.74, 6) is -1.23. The van der Waals surface area contributed by atoms with E-state index in [-0.39, 0.29) is 17.1 Å². The second kappa shape index (κ2) is 8.81. The molecule has 3 aromatic rings. The van der Waals surface area contributed by atoms with Crippen LogP contribution in [0.5, 0.6) is 0 Å². The number of hydrogen-bond acceptors (Lipinski definition) is 6. The van der Waals surface area contributed by atoms with Crippen LogP contribution in [0.25, 0.3) is 11.2 Å². The lowest BCUT2D eigenvalue weighted by Crippen LogP contribution is -2.47. The van der Waals surface area contributed by atoms with Crippen LogP contribution >= 0.6 is 0 Å². The van der Waals surface area contributed by atoms with Crippen molar-refractivity contribution >= 4 is 23.0 Å². The lowest BCUT2D eigenvalue weighted by Gasteiger charge is -2.35. The quantitative estimate of drug-likeness (QED) is 0.524. The number of hydrogen-bond donors (Lipinski definition) is 0. The highest BCUT2D eigenvalue weighted by atomic mass is 16.5. The van der Waals surface area contributed by atoms with Crippen LogP contribution in [-0.2, 0) is 41.5 Å². The van der Waals surface area contributed by atoms with E-state index in [2.05, 4.69) is 4.98 Å². The van der Waals surface area contributed by atoms with Gasteiger partial charge in [0, 0.05) is 26.2 Å². The number of carbonyl (C=O) groups is 2. The number of rotatable bonds is 6. The Hall–Kier alpha value is -3.69. The van der Waals surface area contributed by atoms with E-state index in [1.165, 1.54) is 22.5 Å². The number of esters is 1. The summed E-state index contributed by atoms with van der Waals surface area (Å²) in [6, 6.07) is 9.49. The van der Waals surface area contributed by atoms with Gasteiger partial charge < -0.3 is 14.2 Å². The molecule has 32 heavy (non-hydrogen) atoms. The number of ether oxygens (including phenoxy) is 1. The van der Waals surface area contributed by atoms with Crippen molar-refractivity contribution in [2.24, 2.45) is 14.1 Å². The van der Waals surface area contributed by atoms with Crippen molar-refractivity contribution in [3.8, 4) is 0 Å². The third-order valence-electron chi connectivity index (χ3n) is 5.14. The van der Waals surface area contributed by atoms with Crippen LogP contribution in [0.3, 0.4) is 0 Å². The summed E-state index contributed by atoms with van der Waals surface area (Å²) in [6.07, 6.45) is 1.42. The summed E-state index contributed by atoms with van der Waals surface area (Å²) in [7, 11) is 3.09. The first-order valence-corrected chi connectivity index (χ1v) is 10.1. The minimum absolute atomic E-state index is 0.192. The number of imidazole rings is 1. The Labute approximate surface area is 184 Å². The number of aromatic nitrogens is 4. The Morgan fingerprint density at radius 1 is 1.09 bits per heavy atom. The molecule has 3 rings (SSSR count). The average molecular weight is 441 g/mol. The van der Waals surface area contributed by atoms with Crippen molar-refractivity contribution in [3.05, 3.63) is 63.1 Å². The Morgan fingerprint density at radius 2 is 1.75 bits per heavy atom. The highest BCUT2D eigenvalue weighted by molar-refractivity contribution is 5.81. The van der Waals surface area contributed by atoms with Crippen LogP contribution in [0.1, 0.15) is 26.3 Å². The van der Waals surface area contributed by atoms with Crippen LogP contribution < -0.4 is 11.2 Å². The van der Waals surface area contributed by atoms with Crippen LogP contribution in [-0.4, -0.2) is 47.6 Å². The van der Waals surface area contributed by atoms with E-state index >= 15 is 0 Å². The number of fused-ring (bicyclic) bond motifs is 1. The van der Waals surface area contributed by atoms with Gasteiger partial charge in [-0.05, 0) is 26.3 Å². The van der Waals surface area contributed by atoms with Crippen molar-refractivity contribution in [3.63, 3.8) is 0 Å². The predicted octanol–water partition coefficient (Wildman–Crippen LogP) is 0.804. The lowest BCUT2D eigenvalue weighted by molar-refractivity contribution is -0.155. The second-order valence-corrected chi connectivity index (χ2v) is 8.56. The molecule has 0 saturated heterocycles. The molecular weight excluding hydrogens is 414 g/mol. The van der Waals surface area contributed by atoms with Gasteiger partial charge in [0.25, 0.3) is 11.5 Å². The van der Waals surface area contributed by atoms with Gasteiger partial charge in [0.2, 0.25) is 0 Å². The fourth-order valence-electron chi connectivity index (χ4n) is 3.40. The molecule has 1 aromatic carbocycles. The zero-order valence-electron chi connectivity index (χ0n) is 18.9. The maximum Gasteiger partial charge on any atom is 0.333 e. The molecule has 0 atom stereocenters. The first-order chi connectivity index (χ1) is 15.0. The van der Waals surface area contributed by atoms with Gasteiger partial charge >= 0.3 is 11.7 Å². The summed E-state index contributed by atoms with van der Waals surface area (Å²) in [5.41, 5.74) is -0.475. The molecule has 0 spiro atoms. The highest BCUT2D eigenvalue weighted by Gasteiger charge is 2.27. The zero-order chi connectivity index (χ0) is 23.6. The number of amides is 1. The van der Waals surface area contributed by atoms with Crippen LogP contribution in [0.15, 0.2) is 46.2 Å². The number of carbonyl (C=O) groups excluding carboxylic acids is 2. The number of benzene rings is 1. The van der Waals surface area contributed by atoms with E-state index in [0.29, 0.717) is 6.54 Å². The van der Waals surface area contributed by atoms with Gasteiger partial charge in [0.05, 0.1) is 6.33 Å². The topological polar surface area (TPSA) is 108 Å². The Bertz CT molecular complexity index is 1260. The molecule has 10 heteroatoms. The van der Waals surface area contributed by atoms with E-state index < -0.39 is 35.9 Å². The largest absolute Gasteiger partial charge is 0.454 e. The Morgan fingerprint density at radius 3 is 2.38 bits per heavy atom. The third kappa shape index (κ3) is 4.63. The van der Waals surface area contributed by atoms with Gasteiger partial charge in [0.15, 0.2) is 17.8 Å². The number of nitrogens with zero attached hydrogens (tertiary/aromatic N) is 5. The molecule has 0 fully saturated rings. The van der Waals surface area contributed by atoms with Gasteiger partial charge in [-0.1, -0.05) is 30.3 Å². The summed E-state index contributed by atoms with van der Waals surface area (Å²) in [5, 5.41) is 0. The molecule has 0 saturated carbocycles. The maximum absolute atomic E-state index is 12.8. The normalized spacial score (nSPS) is 11.5. The van der Waals surface area contributed by atoms with Gasteiger partial charge in [-0.25, -0.2) is 14.3 Å². The van der Waals surface area contributed by atoms with Crippen molar-refractivity contribution in [2.45, 2.75) is 39.4 Å². The molecule has 0 aliphatic rings. The van der Waals surface area contributed by atoms with E-state index in [1.54, 1.807) is 11.9 Å². The fourth-order valence-corrected chi connectivity index (χ4v) is 3.40. The monoisotopic (exact) mass is 441 g/mol. The van der Waals surface area contributed by atoms with Crippen LogP contribution in [0.2, 0.25) is 0 Å². The molecule has 0 radical (unpaired) electrons. The first-order valence-electron chi connectivity index (χ1n) is 10.1. The molecule has 2 aromatic heterocycles. The van der Waals surface area contributed by atoms with Crippen molar-refractivity contribution in [2.75, 3.05) is 6.61 Å². The fraction of sp³-hybridized carbons (Fsp3) is 0.409. The molecule has 0 aliphatic heterocycles. The molecular formula is C22H27N5O5. The van der Waals surface area contributed by atoms with E-state index in [1.807, 2.05) is 51.1 Å². The highest BCUT2D eigenvalue weighted by Crippen LogP contribution is 2.17. The SMILES string of the molecule is Cn1cnc2c1c(=O)n(CC(=O)OCC(=O)N(Cc1ccccc1)C(C)(C)C)c(=O)n2C. The summed E-state index contributed by atoms with van der Waals surface area (Å²) in [6.45, 7) is 4.93. The van der Waals surface area contributed by atoms with Crippen molar-refractivity contribution < 1.29 is 14.3 Å². The minimum atomic E-state index is -0.854. The third-order valence-corrected chi connectivity index (χ3v) is 5.14.